The van der Waals surface area contributed by atoms with Crippen LogP contribution in [0.1, 0.15) is 0 Å². The Morgan fingerprint density at radius 3 is 2.13 bits per heavy atom. The number of nitrogens with zero attached hydrogens (tertiary/aromatic N) is 2. The molecule has 2 aliphatic rings. The van der Waals surface area contributed by atoms with Gasteiger partial charge in [-0.25, -0.2) is 0 Å². The molecule has 0 radical (unpaired) electrons. The summed E-state index contributed by atoms with van der Waals surface area (Å²) in [6.07, 6.45) is -0.479. The summed E-state index contributed by atoms with van der Waals surface area (Å²) in [5.74, 6) is 0. The van der Waals surface area contributed by atoms with Crippen molar-refractivity contribution >= 4 is 22.6 Å². The van der Waals surface area contributed by atoms with Gasteiger partial charge in [0.2, 0.25) is 0 Å². The highest BCUT2D eigenvalue weighted by Crippen LogP contribution is 2.17. The summed E-state index contributed by atoms with van der Waals surface area (Å²) in [6, 6.07) is 0. The van der Waals surface area contributed by atoms with Crippen molar-refractivity contribution in [2.75, 3.05) is 39.3 Å². The van der Waals surface area contributed by atoms with Crippen molar-refractivity contribution in [3.8, 4) is 0 Å². The molecule has 0 bridgehead atoms. The van der Waals surface area contributed by atoms with E-state index in [4.69, 9.17) is 5.11 Å². The van der Waals surface area contributed by atoms with E-state index in [0.717, 1.165) is 0 Å². The summed E-state index contributed by atoms with van der Waals surface area (Å²) in [5, 5.41) is 12.1. The van der Waals surface area contributed by atoms with E-state index in [1.165, 1.54) is 8.61 Å². The highest BCUT2D eigenvalue weighted by Gasteiger charge is 2.38. The summed E-state index contributed by atoms with van der Waals surface area (Å²) < 4.78 is 26.4. The Bertz CT molecular complexity index is 299. The van der Waals surface area contributed by atoms with Crippen LogP contribution in [0.3, 0.4) is 0 Å². The number of hydrogen-bond donors (Lipinski definition) is 2. The molecule has 2 N–H and O–H groups in total. The molecule has 6 nitrogen and oxygen atoms in total. The molecule has 90 valence electrons. The van der Waals surface area contributed by atoms with Gasteiger partial charge >= 0.3 is 0 Å². The minimum atomic E-state index is -3.29. The molecule has 2 fully saturated rings. The molecule has 0 aromatic carbocycles. The van der Waals surface area contributed by atoms with E-state index in [9.17, 15) is 8.42 Å². The lowest BCUT2D eigenvalue weighted by molar-refractivity contribution is 0.0501. The van der Waals surface area contributed by atoms with Gasteiger partial charge in [-0.15, -0.1) is 12.4 Å². The largest absolute Gasteiger partial charge is 0.390 e. The van der Waals surface area contributed by atoms with Crippen LogP contribution in [0.5, 0.6) is 0 Å². The van der Waals surface area contributed by atoms with E-state index < -0.39 is 16.3 Å². The Morgan fingerprint density at radius 2 is 1.67 bits per heavy atom. The number of hydrogen-bond acceptors (Lipinski definition) is 4. The minimum Gasteiger partial charge on any atom is -0.390 e. The molecule has 0 saturated carbocycles. The fraction of sp³-hybridized carbons (Fsp3) is 1.00. The summed E-state index contributed by atoms with van der Waals surface area (Å²) in [4.78, 5) is 0. The third kappa shape index (κ3) is 2.61. The van der Waals surface area contributed by atoms with Crippen LogP contribution in [0.25, 0.3) is 0 Å². The number of aliphatic hydroxyl groups excluding tert-OH is 1. The second-order valence-electron chi connectivity index (χ2n) is 3.63. The minimum absolute atomic E-state index is 0. The molecular formula is C7H16ClN3O3S. The Balaban J connectivity index is 0.00000112. The van der Waals surface area contributed by atoms with Crippen molar-refractivity contribution < 1.29 is 13.5 Å². The van der Waals surface area contributed by atoms with Gasteiger partial charge in [-0.1, -0.05) is 0 Å². The van der Waals surface area contributed by atoms with Gasteiger partial charge in [0, 0.05) is 39.3 Å². The molecule has 2 aliphatic heterocycles. The third-order valence-corrected chi connectivity index (χ3v) is 4.53. The maximum atomic E-state index is 11.8. The van der Waals surface area contributed by atoms with Crippen LogP contribution < -0.4 is 5.32 Å². The van der Waals surface area contributed by atoms with Gasteiger partial charge in [0.25, 0.3) is 10.2 Å². The quantitative estimate of drug-likeness (QED) is 0.615. The van der Waals surface area contributed by atoms with Crippen LogP contribution >= 0.6 is 12.4 Å². The number of aliphatic hydroxyl groups is 1. The molecule has 0 amide bonds. The topological polar surface area (TPSA) is 72.9 Å². The fourth-order valence-corrected chi connectivity index (χ4v) is 3.33. The number of β-amino-alcohol motifs (C(OH)–C–C–N with tert-alkyl or cyclic N) is 1. The SMILES string of the molecule is Cl.O=S(=O)(N1CCNCC1)N1CC(O)C1. The van der Waals surface area contributed by atoms with Gasteiger partial charge < -0.3 is 10.4 Å². The lowest BCUT2D eigenvalue weighted by atomic mass is 10.2. The lowest BCUT2D eigenvalue weighted by Crippen LogP contribution is -2.60. The van der Waals surface area contributed by atoms with Crippen LogP contribution in [0.4, 0.5) is 0 Å². The number of piperazine rings is 1. The number of rotatable bonds is 2. The Kier molecular flexibility index (Phi) is 4.33. The molecule has 2 saturated heterocycles. The zero-order valence-corrected chi connectivity index (χ0v) is 9.93. The smallest absolute Gasteiger partial charge is 0.282 e. The Hall–Kier alpha value is 0.0800. The number of halogens is 1. The van der Waals surface area contributed by atoms with Crippen molar-refractivity contribution in [2.45, 2.75) is 6.10 Å². The van der Waals surface area contributed by atoms with E-state index in [1.54, 1.807) is 0 Å². The lowest BCUT2D eigenvalue weighted by Gasteiger charge is -2.39. The van der Waals surface area contributed by atoms with Gasteiger partial charge in [0.1, 0.15) is 0 Å². The van der Waals surface area contributed by atoms with Crippen molar-refractivity contribution in [1.82, 2.24) is 13.9 Å². The third-order valence-electron chi connectivity index (χ3n) is 2.56. The molecule has 0 aromatic heterocycles. The summed E-state index contributed by atoms with van der Waals surface area (Å²) in [5.41, 5.74) is 0. The average molecular weight is 258 g/mol. The first-order chi connectivity index (χ1) is 6.60. The van der Waals surface area contributed by atoms with E-state index in [0.29, 0.717) is 26.2 Å². The molecule has 2 heterocycles. The van der Waals surface area contributed by atoms with E-state index in [-0.39, 0.29) is 25.5 Å². The second kappa shape index (κ2) is 4.94. The van der Waals surface area contributed by atoms with Crippen molar-refractivity contribution in [1.29, 1.82) is 0 Å². The molecule has 0 aromatic rings. The maximum absolute atomic E-state index is 11.8. The van der Waals surface area contributed by atoms with Crippen molar-refractivity contribution in [3.05, 3.63) is 0 Å². The van der Waals surface area contributed by atoms with Gasteiger partial charge in [-0.2, -0.15) is 17.0 Å². The monoisotopic (exact) mass is 257 g/mol. The molecule has 15 heavy (non-hydrogen) atoms. The summed E-state index contributed by atoms with van der Waals surface area (Å²) in [6.45, 7) is 2.94. The standard InChI is InChI=1S/C7H15N3O3S.ClH/c11-7-5-10(6-7)14(12,13)9-3-1-8-2-4-9;/h7-8,11H,1-6H2;1H. The molecule has 0 spiro atoms. The molecule has 8 heteroatoms. The highest BCUT2D eigenvalue weighted by molar-refractivity contribution is 7.86. The first kappa shape index (κ1) is 13.1. The highest BCUT2D eigenvalue weighted by atomic mass is 35.5. The molecule has 2 rings (SSSR count). The molecular weight excluding hydrogens is 242 g/mol. The second-order valence-corrected chi connectivity index (χ2v) is 5.56. The van der Waals surface area contributed by atoms with Gasteiger partial charge in [-0.05, 0) is 0 Å². The average Bonchev–Trinajstić information content (AvgIpc) is 2.14. The summed E-state index contributed by atoms with van der Waals surface area (Å²) >= 11 is 0. The number of nitrogens with one attached hydrogen (secondary N) is 1. The van der Waals surface area contributed by atoms with E-state index >= 15 is 0 Å². The van der Waals surface area contributed by atoms with Gasteiger partial charge in [0.15, 0.2) is 0 Å². The zero-order valence-electron chi connectivity index (χ0n) is 8.29. The van der Waals surface area contributed by atoms with Crippen molar-refractivity contribution in [2.24, 2.45) is 0 Å². The van der Waals surface area contributed by atoms with Crippen molar-refractivity contribution in [3.63, 3.8) is 0 Å². The van der Waals surface area contributed by atoms with Crippen LogP contribution in [0.15, 0.2) is 0 Å². The van der Waals surface area contributed by atoms with Gasteiger partial charge in [-0.3, -0.25) is 0 Å². The maximum Gasteiger partial charge on any atom is 0.282 e. The zero-order chi connectivity index (χ0) is 10.2. The van der Waals surface area contributed by atoms with Crippen LogP contribution in [-0.2, 0) is 10.2 Å². The van der Waals surface area contributed by atoms with Gasteiger partial charge in [0.05, 0.1) is 6.10 Å². The predicted molar refractivity (Wildman–Crippen MR) is 58.2 cm³/mol. The molecule has 0 unspecified atom stereocenters. The normalized spacial score (nSPS) is 25.7. The van der Waals surface area contributed by atoms with Crippen LogP contribution in [-0.4, -0.2) is 67.5 Å². The first-order valence-corrected chi connectivity index (χ1v) is 6.14. The first-order valence-electron chi connectivity index (χ1n) is 4.75. The van der Waals surface area contributed by atoms with E-state index in [2.05, 4.69) is 5.32 Å². The van der Waals surface area contributed by atoms with Crippen LogP contribution in [0.2, 0.25) is 0 Å². The van der Waals surface area contributed by atoms with E-state index in [1.807, 2.05) is 0 Å². The fourth-order valence-electron chi connectivity index (χ4n) is 1.64. The van der Waals surface area contributed by atoms with Crippen LogP contribution in [0, 0.1) is 0 Å². The molecule has 0 atom stereocenters. The predicted octanol–water partition coefficient (Wildman–Crippen LogP) is -1.77. The Labute approximate surface area is 95.8 Å². The Morgan fingerprint density at radius 1 is 1.13 bits per heavy atom. The summed E-state index contributed by atoms with van der Waals surface area (Å²) in [7, 11) is -3.29. The molecule has 0 aliphatic carbocycles.